The molecule has 0 saturated carbocycles. The van der Waals surface area contributed by atoms with Crippen LogP contribution >= 0.6 is 22.9 Å². The molecule has 3 heterocycles. The first-order valence-corrected chi connectivity index (χ1v) is 6.91. The van der Waals surface area contributed by atoms with Crippen LogP contribution in [-0.4, -0.2) is 19.6 Å². The average molecular weight is 279 g/mol. The molecular formula is C12H11ClN4S. The van der Waals surface area contributed by atoms with Crippen LogP contribution in [0.4, 0.5) is 0 Å². The molecule has 0 aliphatic rings. The fourth-order valence-corrected chi connectivity index (χ4v) is 3.20. The van der Waals surface area contributed by atoms with Gasteiger partial charge in [0.2, 0.25) is 0 Å². The Hall–Kier alpha value is -1.46. The number of aryl methyl sites for hydroxylation is 2. The van der Waals surface area contributed by atoms with Gasteiger partial charge in [0.15, 0.2) is 11.5 Å². The van der Waals surface area contributed by atoms with E-state index in [0.29, 0.717) is 5.15 Å². The monoisotopic (exact) mass is 278 g/mol. The van der Waals surface area contributed by atoms with Crippen molar-refractivity contribution in [1.82, 2.24) is 19.6 Å². The van der Waals surface area contributed by atoms with Gasteiger partial charge < -0.3 is 0 Å². The molecule has 92 valence electrons. The maximum Gasteiger partial charge on any atom is 0.180 e. The standard InChI is InChI=1S/C12H11ClN4S/c1-3-8-4-5-18-11(8)12-16-15-10-6-9(13)14-7(2)17(10)12/h4-6H,3H2,1-2H3. The highest BCUT2D eigenvalue weighted by Crippen LogP contribution is 2.29. The lowest BCUT2D eigenvalue weighted by atomic mass is 10.2. The number of fused-ring (bicyclic) bond motifs is 1. The third-order valence-corrected chi connectivity index (χ3v) is 4.01. The molecule has 3 aromatic rings. The third kappa shape index (κ3) is 1.71. The molecule has 0 fully saturated rings. The van der Waals surface area contributed by atoms with Crippen molar-refractivity contribution >= 4 is 28.6 Å². The second kappa shape index (κ2) is 4.33. The number of thiophene rings is 1. The van der Waals surface area contributed by atoms with E-state index in [-0.39, 0.29) is 0 Å². The Labute approximate surface area is 113 Å². The van der Waals surface area contributed by atoms with Crippen LogP contribution in [0.25, 0.3) is 16.3 Å². The molecule has 0 saturated heterocycles. The quantitative estimate of drug-likeness (QED) is 0.675. The van der Waals surface area contributed by atoms with E-state index >= 15 is 0 Å². The molecule has 0 radical (unpaired) electrons. The Kier molecular flexibility index (Phi) is 2.80. The summed E-state index contributed by atoms with van der Waals surface area (Å²) in [5.41, 5.74) is 2.02. The molecule has 18 heavy (non-hydrogen) atoms. The van der Waals surface area contributed by atoms with Crippen LogP contribution in [0.15, 0.2) is 17.5 Å². The largest absolute Gasteiger partial charge is 0.262 e. The highest BCUT2D eigenvalue weighted by atomic mass is 35.5. The summed E-state index contributed by atoms with van der Waals surface area (Å²) in [4.78, 5) is 5.40. The predicted molar refractivity (Wildman–Crippen MR) is 73.2 cm³/mol. The lowest BCUT2D eigenvalue weighted by Crippen LogP contribution is -1.98. The van der Waals surface area contributed by atoms with E-state index in [2.05, 4.69) is 33.6 Å². The Balaban J connectivity index is 2.31. The van der Waals surface area contributed by atoms with E-state index < -0.39 is 0 Å². The molecule has 0 aliphatic carbocycles. The maximum absolute atomic E-state index is 5.93. The van der Waals surface area contributed by atoms with Crippen LogP contribution in [0.3, 0.4) is 0 Å². The van der Waals surface area contributed by atoms with Crippen LogP contribution in [0.2, 0.25) is 5.15 Å². The van der Waals surface area contributed by atoms with E-state index in [4.69, 9.17) is 11.6 Å². The number of hydrogen-bond donors (Lipinski definition) is 0. The van der Waals surface area contributed by atoms with Gasteiger partial charge in [-0.15, -0.1) is 21.5 Å². The predicted octanol–water partition coefficient (Wildman–Crippen LogP) is 3.38. The molecule has 0 amide bonds. The smallest absolute Gasteiger partial charge is 0.180 e. The molecule has 0 unspecified atom stereocenters. The van der Waals surface area contributed by atoms with Crippen LogP contribution < -0.4 is 0 Å². The topological polar surface area (TPSA) is 43.1 Å². The van der Waals surface area contributed by atoms with Crippen LogP contribution in [0, 0.1) is 6.92 Å². The van der Waals surface area contributed by atoms with Gasteiger partial charge in [-0.25, -0.2) is 4.98 Å². The van der Waals surface area contributed by atoms with Crippen molar-refractivity contribution < 1.29 is 0 Å². The van der Waals surface area contributed by atoms with Crippen molar-refractivity contribution in [1.29, 1.82) is 0 Å². The minimum absolute atomic E-state index is 0.445. The van der Waals surface area contributed by atoms with E-state index in [1.807, 2.05) is 11.3 Å². The summed E-state index contributed by atoms with van der Waals surface area (Å²) in [5, 5.41) is 11.0. The zero-order valence-electron chi connectivity index (χ0n) is 10.0. The zero-order chi connectivity index (χ0) is 12.7. The summed E-state index contributed by atoms with van der Waals surface area (Å²) in [6.07, 6.45) is 0.980. The van der Waals surface area contributed by atoms with Gasteiger partial charge in [0, 0.05) is 6.07 Å². The van der Waals surface area contributed by atoms with Crippen molar-refractivity contribution in [3.05, 3.63) is 34.1 Å². The van der Waals surface area contributed by atoms with Crippen molar-refractivity contribution in [3.8, 4) is 10.7 Å². The van der Waals surface area contributed by atoms with Gasteiger partial charge >= 0.3 is 0 Å². The highest BCUT2D eigenvalue weighted by Gasteiger charge is 2.15. The van der Waals surface area contributed by atoms with Gasteiger partial charge in [-0.05, 0) is 30.4 Å². The Morgan fingerprint density at radius 1 is 1.39 bits per heavy atom. The first-order chi connectivity index (χ1) is 8.70. The molecule has 4 nitrogen and oxygen atoms in total. The lowest BCUT2D eigenvalue weighted by Gasteiger charge is -2.03. The normalized spacial score (nSPS) is 11.3. The van der Waals surface area contributed by atoms with Gasteiger partial charge in [0.05, 0.1) is 4.88 Å². The third-order valence-electron chi connectivity index (χ3n) is 2.86. The lowest BCUT2D eigenvalue weighted by molar-refractivity contribution is 0.987. The number of halogens is 1. The van der Waals surface area contributed by atoms with E-state index in [1.165, 1.54) is 5.56 Å². The van der Waals surface area contributed by atoms with E-state index in [1.54, 1.807) is 17.4 Å². The van der Waals surface area contributed by atoms with Crippen LogP contribution in [-0.2, 0) is 6.42 Å². The number of rotatable bonds is 2. The molecule has 0 N–H and O–H groups in total. The van der Waals surface area contributed by atoms with Crippen molar-refractivity contribution in [2.75, 3.05) is 0 Å². The van der Waals surface area contributed by atoms with Gasteiger partial charge in [-0.1, -0.05) is 18.5 Å². The second-order valence-corrected chi connectivity index (χ2v) is 5.28. The summed E-state index contributed by atoms with van der Waals surface area (Å²) in [6, 6.07) is 3.85. The molecule has 3 aromatic heterocycles. The first kappa shape index (κ1) is 11.6. The fraction of sp³-hybridized carbons (Fsp3) is 0.250. The maximum atomic E-state index is 5.93. The summed E-state index contributed by atoms with van der Waals surface area (Å²) in [6.45, 7) is 4.04. The highest BCUT2D eigenvalue weighted by molar-refractivity contribution is 7.13. The molecule has 0 atom stereocenters. The molecular weight excluding hydrogens is 268 g/mol. The molecule has 0 aliphatic heterocycles. The Morgan fingerprint density at radius 3 is 3.00 bits per heavy atom. The van der Waals surface area contributed by atoms with E-state index in [9.17, 15) is 0 Å². The Morgan fingerprint density at radius 2 is 2.22 bits per heavy atom. The van der Waals surface area contributed by atoms with Crippen LogP contribution in [0.1, 0.15) is 18.3 Å². The first-order valence-electron chi connectivity index (χ1n) is 5.65. The number of hydrogen-bond acceptors (Lipinski definition) is 4. The minimum atomic E-state index is 0.445. The fourth-order valence-electron chi connectivity index (χ4n) is 2.01. The molecule has 6 heteroatoms. The van der Waals surface area contributed by atoms with Gasteiger partial charge in [0.25, 0.3) is 0 Å². The van der Waals surface area contributed by atoms with Crippen LogP contribution in [0.5, 0.6) is 0 Å². The zero-order valence-corrected chi connectivity index (χ0v) is 11.6. The van der Waals surface area contributed by atoms with Crippen molar-refractivity contribution in [2.45, 2.75) is 20.3 Å². The Bertz CT molecular complexity index is 716. The summed E-state index contributed by atoms with van der Waals surface area (Å²) in [5.74, 6) is 1.64. The molecule has 3 rings (SSSR count). The van der Waals surface area contributed by atoms with Gasteiger partial charge in [0.1, 0.15) is 11.0 Å². The number of nitrogens with zero attached hydrogens (tertiary/aromatic N) is 4. The van der Waals surface area contributed by atoms with Crippen molar-refractivity contribution in [3.63, 3.8) is 0 Å². The van der Waals surface area contributed by atoms with E-state index in [0.717, 1.165) is 28.6 Å². The molecule has 0 spiro atoms. The second-order valence-electron chi connectivity index (χ2n) is 3.97. The number of aromatic nitrogens is 4. The minimum Gasteiger partial charge on any atom is -0.262 e. The van der Waals surface area contributed by atoms with Gasteiger partial charge in [-0.2, -0.15) is 0 Å². The van der Waals surface area contributed by atoms with Gasteiger partial charge in [-0.3, -0.25) is 4.40 Å². The summed E-state index contributed by atoms with van der Waals surface area (Å²) < 4.78 is 1.94. The molecule has 0 bridgehead atoms. The average Bonchev–Trinajstić information content (AvgIpc) is 2.92. The van der Waals surface area contributed by atoms with Crippen molar-refractivity contribution in [2.24, 2.45) is 0 Å². The summed E-state index contributed by atoms with van der Waals surface area (Å²) in [7, 11) is 0. The SMILES string of the molecule is CCc1ccsc1-c1nnc2cc(Cl)nc(C)n12. The molecule has 0 aromatic carbocycles. The summed E-state index contributed by atoms with van der Waals surface area (Å²) >= 11 is 7.60.